The van der Waals surface area contributed by atoms with Gasteiger partial charge in [0.2, 0.25) is 0 Å². The Bertz CT molecular complexity index is 1010. The number of aryl methyl sites for hydroxylation is 2. The largest absolute Gasteiger partial charge is 0.379 e. The fraction of sp³-hybridized carbons (Fsp3) is 0.409. The van der Waals surface area contributed by atoms with Crippen molar-refractivity contribution in [1.82, 2.24) is 19.9 Å². The summed E-state index contributed by atoms with van der Waals surface area (Å²) in [6, 6.07) is 7.80. The van der Waals surface area contributed by atoms with Gasteiger partial charge in [-0.05, 0) is 57.4 Å². The number of ether oxygens (including phenoxy) is 1. The van der Waals surface area contributed by atoms with Crippen LogP contribution in [-0.2, 0) is 11.2 Å². The minimum atomic E-state index is -0.168. The van der Waals surface area contributed by atoms with Crippen LogP contribution in [0.2, 0.25) is 5.02 Å². The average Bonchev–Trinajstić information content (AvgIpc) is 3.08. The van der Waals surface area contributed by atoms with E-state index in [1.807, 2.05) is 52.0 Å². The summed E-state index contributed by atoms with van der Waals surface area (Å²) in [7, 11) is 0. The summed E-state index contributed by atoms with van der Waals surface area (Å²) < 4.78 is 7.24. The Labute approximate surface area is 176 Å². The Balaban J connectivity index is 1.78. The van der Waals surface area contributed by atoms with Gasteiger partial charge in [-0.25, -0.2) is 9.50 Å². The summed E-state index contributed by atoms with van der Waals surface area (Å²) >= 11 is 6.12. The maximum atomic E-state index is 12.6. The minimum Gasteiger partial charge on any atom is -0.379 e. The number of hydrogen-bond donors (Lipinski definition) is 1. The van der Waals surface area contributed by atoms with Gasteiger partial charge in [0, 0.05) is 36.0 Å². The Morgan fingerprint density at radius 3 is 2.83 bits per heavy atom. The molecule has 0 aliphatic heterocycles. The van der Waals surface area contributed by atoms with E-state index in [9.17, 15) is 4.79 Å². The van der Waals surface area contributed by atoms with Crippen LogP contribution in [0.1, 0.15) is 53.1 Å². The maximum absolute atomic E-state index is 12.6. The zero-order valence-electron chi connectivity index (χ0n) is 17.3. The van der Waals surface area contributed by atoms with Crippen molar-refractivity contribution in [2.75, 3.05) is 13.2 Å². The number of carbonyl (C=O) groups excluding carboxylic acids is 1. The van der Waals surface area contributed by atoms with Crippen LogP contribution in [0.4, 0.5) is 0 Å². The maximum Gasteiger partial charge on any atom is 0.256 e. The molecule has 154 valence electrons. The van der Waals surface area contributed by atoms with Crippen LogP contribution in [-0.4, -0.2) is 39.8 Å². The lowest BCUT2D eigenvalue weighted by atomic mass is 10.0. The highest BCUT2D eigenvalue weighted by Gasteiger charge is 2.18. The number of amides is 1. The van der Waals surface area contributed by atoms with Gasteiger partial charge in [-0.1, -0.05) is 23.7 Å². The topological polar surface area (TPSA) is 68.5 Å². The number of hydrogen-bond acceptors (Lipinski definition) is 4. The molecule has 1 aromatic carbocycles. The number of carbonyl (C=O) groups is 1. The summed E-state index contributed by atoms with van der Waals surface area (Å²) in [4.78, 5) is 17.3. The third-order valence-corrected chi connectivity index (χ3v) is 5.02. The standard InChI is InChI=1S/C22H27ClN4O2/c1-14(2)29-10-6-9-24-22(28)20-13-25-27-16(4)19(15(3)26-21(20)27)12-17-7-5-8-18(23)11-17/h5,7-8,11,13-14H,6,9-10,12H2,1-4H3,(H,24,28). The highest BCUT2D eigenvalue weighted by molar-refractivity contribution is 6.30. The first-order valence-corrected chi connectivity index (χ1v) is 10.2. The van der Waals surface area contributed by atoms with Gasteiger partial charge in [-0.3, -0.25) is 4.79 Å². The second-order valence-corrected chi connectivity index (χ2v) is 7.83. The van der Waals surface area contributed by atoms with Crippen molar-refractivity contribution in [1.29, 1.82) is 0 Å². The van der Waals surface area contributed by atoms with Crippen molar-refractivity contribution in [2.24, 2.45) is 0 Å². The van der Waals surface area contributed by atoms with Crippen LogP contribution in [0, 0.1) is 13.8 Å². The summed E-state index contributed by atoms with van der Waals surface area (Å²) in [5.74, 6) is -0.168. The second-order valence-electron chi connectivity index (χ2n) is 7.39. The summed E-state index contributed by atoms with van der Waals surface area (Å²) in [6.45, 7) is 9.12. The molecule has 0 saturated heterocycles. The Hall–Kier alpha value is -2.44. The van der Waals surface area contributed by atoms with Crippen molar-refractivity contribution >= 4 is 23.2 Å². The molecule has 0 radical (unpaired) electrons. The molecule has 0 unspecified atom stereocenters. The average molecular weight is 415 g/mol. The third kappa shape index (κ3) is 5.14. The Kier molecular flexibility index (Phi) is 6.87. The van der Waals surface area contributed by atoms with Gasteiger partial charge in [-0.15, -0.1) is 0 Å². The quantitative estimate of drug-likeness (QED) is 0.562. The number of benzene rings is 1. The van der Waals surface area contributed by atoms with Gasteiger partial charge >= 0.3 is 0 Å². The molecule has 0 aliphatic rings. The van der Waals surface area contributed by atoms with Crippen LogP contribution in [0.15, 0.2) is 30.5 Å². The van der Waals surface area contributed by atoms with E-state index in [0.717, 1.165) is 28.9 Å². The predicted molar refractivity (Wildman–Crippen MR) is 115 cm³/mol. The summed E-state index contributed by atoms with van der Waals surface area (Å²) in [5.41, 5.74) is 5.10. The van der Waals surface area contributed by atoms with Gasteiger partial charge in [0.05, 0.1) is 12.3 Å². The monoisotopic (exact) mass is 414 g/mol. The van der Waals surface area contributed by atoms with Crippen LogP contribution >= 0.6 is 11.6 Å². The van der Waals surface area contributed by atoms with Gasteiger partial charge in [0.15, 0.2) is 5.65 Å². The summed E-state index contributed by atoms with van der Waals surface area (Å²) in [5, 5.41) is 8.05. The molecule has 1 amide bonds. The number of aromatic nitrogens is 3. The van der Waals surface area contributed by atoms with Gasteiger partial charge in [-0.2, -0.15) is 5.10 Å². The van der Waals surface area contributed by atoms with Crippen LogP contribution in [0.5, 0.6) is 0 Å². The lowest BCUT2D eigenvalue weighted by Crippen LogP contribution is -2.25. The van der Waals surface area contributed by atoms with E-state index in [2.05, 4.69) is 15.4 Å². The van der Waals surface area contributed by atoms with Crippen molar-refractivity contribution in [2.45, 2.75) is 46.6 Å². The smallest absolute Gasteiger partial charge is 0.256 e. The molecule has 0 saturated carbocycles. The lowest BCUT2D eigenvalue weighted by molar-refractivity contribution is 0.0757. The highest BCUT2D eigenvalue weighted by Crippen LogP contribution is 2.21. The van der Waals surface area contributed by atoms with Crippen molar-refractivity contribution < 1.29 is 9.53 Å². The highest BCUT2D eigenvalue weighted by atomic mass is 35.5. The van der Waals surface area contributed by atoms with Crippen molar-refractivity contribution in [3.05, 3.63) is 63.6 Å². The fourth-order valence-electron chi connectivity index (χ4n) is 3.27. The molecule has 0 bridgehead atoms. The van der Waals surface area contributed by atoms with Gasteiger partial charge < -0.3 is 10.1 Å². The molecule has 2 heterocycles. The normalized spacial score (nSPS) is 11.4. The first-order valence-electron chi connectivity index (χ1n) is 9.85. The molecule has 29 heavy (non-hydrogen) atoms. The molecule has 0 atom stereocenters. The zero-order chi connectivity index (χ0) is 21.0. The Morgan fingerprint density at radius 1 is 1.31 bits per heavy atom. The van der Waals surface area contributed by atoms with Gasteiger partial charge in [0.1, 0.15) is 5.56 Å². The van der Waals surface area contributed by atoms with E-state index < -0.39 is 0 Å². The van der Waals surface area contributed by atoms with Crippen LogP contribution < -0.4 is 5.32 Å². The van der Waals surface area contributed by atoms with E-state index in [1.54, 1.807) is 10.7 Å². The zero-order valence-corrected chi connectivity index (χ0v) is 18.1. The molecule has 1 N–H and O–H groups in total. The first-order chi connectivity index (χ1) is 13.9. The summed E-state index contributed by atoms with van der Waals surface area (Å²) in [6.07, 6.45) is 3.25. The van der Waals surface area contributed by atoms with Crippen LogP contribution in [0.25, 0.3) is 5.65 Å². The predicted octanol–water partition coefficient (Wildman–Crippen LogP) is 4.14. The second kappa shape index (κ2) is 9.37. The minimum absolute atomic E-state index is 0.168. The number of rotatable bonds is 8. The lowest BCUT2D eigenvalue weighted by Gasteiger charge is -2.12. The number of nitrogens with zero attached hydrogens (tertiary/aromatic N) is 3. The third-order valence-electron chi connectivity index (χ3n) is 4.78. The molecule has 0 fully saturated rings. The van der Waals surface area contributed by atoms with E-state index in [4.69, 9.17) is 16.3 Å². The molecule has 0 spiro atoms. The van der Waals surface area contributed by atoms with E-state index in [0.29, 0.717) is 35.8 Å². The van der Waals surface area contributed by atoms with E-state index >= 15 is 0 Å². The first kappa shape index (κ1) is 21.3. The van der Waals surface area contributed by atoms with Crippen molar-refractivity contribution in [3.63, 3.8) is 0 Å². The number of halogens is 1. The molecule has 3 aromatic rings. The van der Waals surface area contributed by atoms with E-state index in [-0.39, 0.29) is 12.0 Å². The SMILES string of the molecule is Cc1nc2c(C(=O)NCCCOC(C)C)cnn2c(C)c1Cc1cccc(Cl)c1. The number of fused-ring (bicyclic) bond motifs is 1. The number of nitrogens with one attached hydrogen (secondary N) is 1. The molecule has 3 rings (SSSR count). The van der Waals surface area contributed by atoms with Crippen LogP contribution in [0.3, 0.4) is 0 Å². The molecular formula is C22H27ClN4O2. The molecular weight excluding hydrogens is 388 g/mol. The molecule has 6 nitrogen and oxygen atoms in total. The van der Waals surface area contributed by atoms with Crippen molar-refractivity contribution in [3.8, 4) is 0 Å². The van der Waals surface area contributed by atoms with Gasteiger partial charge in [0.25, 0.3) is 5.91 Å². The fourth-order valence-corrected chi connectivity index (χ4v) is 3.48. The molecule has 7 heteroatoms. The molecule has 0 aliphatic carbocycles. The molecule has 2 aromatic heterocycles. The Morgan fingerprint density at radius 2 is 2.10 bits per heavy atom. The van der Waals surface area contributed by atoms with E-state index in [1.165, 1.54) is 0 Å².